The molecule has 29 heavy (non-hydrogen) atoms. The Hall–Kier alpha value is -2.41. The topological polar surface area (TPSA) is 71.2 Å². The summed E-state index contributed by atoms with van der Waals surface area (Å²) >= 11 is 6.15. The lowest BCUT2D eigenvalue weighted by Crippen LogP contribution is -2.28. The summed E-state index contributed by atoms with van der Waals surface area (Å²) in [4.78, 5) is 27.1. The fourth-order valence-corrected chi connectivity index (χ4v) is 4.16. The van der Waals surface area contributed by atoms with E-state index in [-0.39, 0.29) is 34.2 Å². The Kier molecular flexibility index (Phi) is 5.58. The molecule has 2 atom stereocenters. The van der Waals surface area contributed by atoms with Crippen molar-refractivity contribution in [1.82, 2.24) is 10.3 Å². The number of ether oxygens (including phenoxy) is 1. The van der Waals surface area contributed by atoms with Crippen molar-refractivity contribution in [3.8, 4) is 5.75 Å². The number of carbonyl (C=O) groups excluding carboxylic acids is 1. The fraction of sp³-hybridized carbons (Fsp3) is 0.429. The van der Waals surface area contributed by atoms with Crippen molar-refractivity contribution in [2.75, 3.05) is 0 Å². The molecule has 2 heterocycles. The Morgan fingerprint density at radius 2 is 1.93 bits per heavy atom. The zero-order chi connectivity index (χ0) is 20.5. The average molecular weight is 423 g/mol. The number of hydrogen-bond acceptors (Lipinski definition) is 3. The first-order valence-electron chi connectivity index (χ1n) is 9.67. The Morgan fingerprint density at radius 1 is 1.14 bits per heavy atom. The molecule has 0 bridgehead atoms. The highest BCUT2D eigenvalue weighted by atomic mass is 35.5. The standard InChI is InChI=1S/C21H21ClF2N2O3/c22-16-9-12(3-7-18(16)29-21(23)24)15(10-13-4-8-19(27)25-13)17-6-5-14(11-1-2-11)20(28)26-17/h3,5-7,9,11,13,15,21H,1-2,4,8,10H2,(H,25,27)(H,26,28)/t13-,15?/m1/s1. The van der Waals surface area contributed by atoms with Gasteiger partial charge in [0.05, 0.1) is 5.02 Å². The number of hydrogen-bond donors (Lipinski definition) is 2. The number of rotatable bonds is 7. The fourth-order valence-electron chi connectivity index (χ4n) is 3.93. The van der Waals surface area contributed by atoms with E-state index in [1.165, 1.54) is 6.07 Å². The minimum Gasteiger partial charge on any atom is -0.433 e. The number of aromatic nitrogens is 1. The van der Waals surface area contributed by atoms with Crippen LogP contribution in [0.1, 0.15) is 60.8 Å². The third-order valence-corrected chi connectivity index (χ3v) is 5.83. The van der Waals surface area contributed by atoms with Gasteiger partial charge in [0.25, 0.3) is 5.56 Å². The van der Waals surface area contributed by atoms with Crippen LogP contribution in [-0.2, 0) is 4.79 Å². The van der Waals surface area contributed by atoms with Crippen molar-refractivity contribution in [1.29, 1.82) is 0 Å². The summed E-state index contributed by atoms with van der Waals surface area (Å²) in [5, 5.41) is 3.01. The molecule has 154 valence electrons. The van der Waals surface area contributed by atoms with Gasteiger partial charge in [0.15, 0.2) is 0 Å². The molecular weight excluding hydrogens is 402 g/mol. The quantitative estimate of drug-likeness (QED) is 0.698. The Morgan fingerprint density at radius 3 is 2.52 bits per heavy atom. The molecule has 1 unspecified atom stereocenters. The molecule has 4 rings (SSSR count). The number of nitrogens with one attached hydrogen (secondary N) is 2. The van der Waals surface area contributed by atoms with Crippen LogP contribution in [0, 0.1) is 0 Å². The van der Waals surface area contributed by atoms with E-state index in [1.54, 1.807) is 12.1 Å². The molecule has 2 N–H and O–H groups in total. The number of aromatic amines is 1. The van der Waals surface area contributed by atoms with Crippen molar-refractivity contribution in [2.45, 2.75) is 56.6 Å². The first kappa shape index (κ1) is 19.9. The van der Waals surface area contributed by atoms with Crippen LogP contribution in [0.2, 0.25) is 5.02 Å². The molecule has 2 aliphatic rings. The van der Waals surface area contributed by atoms with Gasteiger partial charge in [0.1, 0.15) is 5.75 Å². The minimum absolute atomic E-state index is 0.00467. The number of carbonyl (C=O) groups is 1. The number of pyridine rings is 1. The molecule has 8 heteroatoms. The highest BCUT2D eigenvalue weighted by Crippen LogP contribution is 2.39. The number of H-pyrrole nitrogens is 1. The minimum atomic E-state index is -2.96. The smallest absolute Gasteiger partial charge is 0.387 e. The predicted octanol–water partition coefficient (Wildman–Crippen LogP) is 4.31. The molecule has 2 aromatic rings. The first-order valence-corrected chi connectivity index (χ1v) is 10.0. The Labute approximate surface area is 171 Å². The summed E-state index contributed by atoms with van der Waals surface area (Å²) in [6.07, 6.45) is 3.80. The van der Waals surface area contributed by atoms with Crippen LogP contribution in [0.25, 0.3) is 0 Å². The molecule has 1 aromatic heterocycles. The molecule has 1 saturated heterocycles. The van der Waals surface area contributed by atoms with E-state index in [4.69, 9.17) is 11.6 Å². The predicted molar refractivity (Wildman–Crippen MR) is 105 cm³/mol. The number of amides is 1. The summed E-state index contributed by atoms with van der Waals surface area (Å²) in [6, 6.07) is 8.37. The largest absolute Gasteiger partial charge is 0.433 e. The van der Waals surface area contributed by atoms with Gasteiger partial charge in [-0.1, -0.05) is 23.7 Å². The highest BCUT2D eigenvalue weighted by Gasteiger charge is 2.29. The summed E-state index contributed by atoms with van der Waals surface area (Å²) < 4.78 is 29.5. The zero-order valence-corrected chi connectivity index (χ0v) is 16.3. The monoisotopic (exact) mass is 422 g/mol. The molecule has 1 aliphatic carbocycles. The third-order valence-electron chi connectivity index (χ3n) is 5.53. The van der Waals surface area contributed by atoms with Crippen LogP contribution in [0.15, 0.2) is 35.1 Å². The first-order chi connectivity index (χ1) is 13.9. The van der Waals surface area contributed by atoms with Crippen LogP contribution in [-0.4, -0.2) is 23.5 Å². The molecule has 0 radical (unpaired) electrons. The van der Waals surface area contributed by atoms with Crippen LogP contribution in [0.4, 0.5) is 8.78 Å². The Bertz CT molecular complexity index is 975. The van der Waals surface area contributed by atoms with Gasteiger partial charge < -0.3 is 15.0 Å². The van der Waals surface area contributed by atoms with Crippen LogP contribution in [0.3, 0.4) is 0 Å². The normalized spacial score (nSPS) is 20.0. The number of alkyl halides is 2. The molecular formula is C21H21ClF2N2O3. The van der Waals surface area contributed by atoms with Crippen molar-refractivity contribution >= 4 is 17.5 Å². The summed E-state index contributed by atoms with van der Waals surface area (Å²) in [5.41, 5.74) is 2.15. The maximum atomic E-state index is 12.5. The zero-order valence-electron chi connectivity index (χ0n) is 15.6. The molecule has 1 aliphatic heterocycles. The van der Waals surface area contributed by atoms with Crippen LogP contribution >= 0.6 is 11.6 Å². The van der Waals surface area contributed by atoms with Gasteiger partial charge in [-0.15, -0.1) is 0 Å². The Balaban J connectivity index is 1.66. The summed E-state index contributed by atoms with van der Waals surface area (Å²) in [5.74, 6) is -0.0148. The molecule has 5 nitrogen and oxygen atoms in total. The van der Waals surface area contributed by atoms with E-state index >= 15 is 0 Å². The van der Waals surface area contributed by atoms with E-state index in [1.807, 2.05) is 12.1 Å². The maximum absolute atomic E-state index is 12.5. The second-order valence-corrected chi connectivity index (χ2v) is 8.04. The summed E-state index contributed by atoms with van der Waals surface area (Å²) in [6.45, 7) is -2.96. The van der Waals surface area contributed by atoms with E-state index in [0.717, 1.165) is 24.0 Å². The summed E-state index contributed by atoms with van der Waals surface area (Å²) in [7, 11) is 0. The molecule has 1 amide bonds. The van der Waals surface area contributed by atoms with Gasteiger partial charge >= 0.3 is 6.61 Å². The lowest BCUT2D eigenvalue weighted by molar-refractivity contribution is -0.119. The van der Waals surface area contributed by atoms with Crippen LogP contribution < -0.4 is 15.6 Å². The van der Waals surface area contributed by atoms with Gasteiger partial charge in [-0.05, 0) is 55.4 Å². The lowest BCUT2D eigenvalue weighted by atomic mass is 9.88. The van der Waals surface area contributed by atoms with E-state index in [2.05, 4.69) is 15.0 Å². The SMILES string of the molecule is O=C1CC[C@H](CC(c2ccc(OC(F)F)c(Cl)c2)c2ccc(C3CC3)c(=O)[nH]2)N1. The molecule has 1 saturated carbocycles. The van der Waals surface area contributed by atoms with E-state index in [9.17, 15) is 18.4 Å². The van der Waals surface area contributed by atoms with Gasteiger partial charge in [-0.25, -0.2) is 0 Å². The van der Waals surface area contributed by atoms with E-state index in [0.29, 0.717) is 30.9 Å². The highest BCUT2D eigenvalue weighted by molar-refractivity contribution is 6.32. The van der Waals surface area contributed by atoms with Gasteiger partial charge in [0, 0.05) is 29.6 Å². The van der Waals surface area contributed by atoms with Crippen LogP contribution in [0.5, 0.6) is 5.75 Å². The molecule has 1 aromatic carbocycles. The molecule has 2 fully saturated rings. The van der Waals surface area contributed by atoms with Gasteiger partial charge in [-0.3, -0.25) is 9.59 Å². The van der Waals surface area contributed by atoms with Crippen molar-refractivity contribution in [3.05, 3.63) is 62.5 Å². The van der Waals surface area contributed by atoms with Gasteiger partial charge in [-0.2, -0.15) is 8.78 Å². The second-order valence-electron chi connectivity index (χ2n) is 7.63. The second kappa shape index (κ2) is 8.14. The lowest BCUT2D eigenvalue weighted by Gasteiger charge is -2.22. The average Bonchev–Trinajstić information content (AvgIpc) is 3.42. The van der Waals surface area contributed by atoms with Gasteiger partial charge in [0.2, 0.25) is 5.91 Å². The maximum Gasteiger partial charge on any atom is 0.387 e. The molecule has 0 spiro atoms. The van der Waals surface area contributed by atoms with Crippen molar-refractivity contribution in [2.24, 2.45) is 0 Å². The van der Waals surface area contributed by atoms with E-state index < -0.39 is 6.61 Å². The van der Waals surface area contributed by atoms with Crippen molar-refractivity contribution < 1.29 is 18.3 Å². The number of benzene rings is 1. The van der Waals surface area contributed by atoms with Crippen molar-refractivity contribution in [3.63, 3.8) is 0 Å². The third kappa shape index (κ3) is 4.61. The number of halogens is 3.